The molecule has 0 spiro atoms. The van der Waals surface area contributed by atoms with Crippen molar-refractivity contribution in [2.75, 3.05) is 40.0 Å². The zero-order valence-electron chi connectivity index (χ0n) is 10.6. The minimum absolute atomic E-state index is 0.118. The standard InChI is InChI=1S/C13H19NO4/c1-17-13(16)5-4-12(11-15)3-2-6-14-7-9-18-10-8-14/h2-4,11H,5-10H2,1H3/b3-2-,12-4+. The van der Waals surface area contributed by atoms with Gasteiger partial charge in [-0.25, -0.2) is 0 Å². The molecule has 5 heteroatoms. The number of aldehydes is 1. The monoisotopic (exact) mass is 253 g/mol. The number of carbonyl (C=O) groups excluding carboxylic acids is 2. The second-order valence-corrected chi connectivity index (χ2v) is 3.92. The largest absolute Gasteiger partial charge is 0.469 e. The van der Waals surface area contributed by atoms with Gasteiger partial charge < -0.3 is 9.47 Å². The average molecular weight is 253 g/mol. The third-order valence-corrected chi connectivity index (χ3v) is 2.65. The van der Waals surface area contributed by atoms with E-state index in [0.29, 0.717) is 5.57 Å². The predicted molar refractivity (Wildman–Crippen MR) is 67.2 cm³/mol. The summed E-state index contributed by atoms with van der Waals surface area (Å²) in [5.74, 6) is -0.351. The van der Waals surface area contributed by atoms with Gasteiger partial charge in [0, 0.05) is 25.2 Å². The molecule has 0 radical (unpaired) electrons. The highest BCUT2D eigenvalue weighted by Crippen LogP contribution is 2.00. The number of allylic oxidation sites excluding steroid dienone is 2. The number of carbonyl (C=O) groups is 2. The lowest BCUT2D eigenvalue weighted by Gasteiger charge is -2.25. The third-order valence-electron chi connectivity index (χ3n) is 2.65. The molecule has 1 rings (SSSR count). The molecule has 1 saturated heterocycles. The van der Waals surface area contributed by atoms with E-state index in [9.17, 15) is 9.59 Å². The number of rotatable bonds is 6. The van der Waals surface area contributed by atoms with Crippen molar-refractivity contribution in [2.24, 2.45) is 0 Å². The Bertz CT molecular complexity index is 330. The van der Waals surface area contributed by atoms with Gasteiger partial charge in [-0.3, -0.25) is 14.5 Å². The first-order valence-corrected chi connectivity index (χ1v) is 5.95. The van der Waals surface area contributed by atoms with E-state index in [1.54, 1.807) is 12.2 Å². The quantitative estimate of drug-likeness (QED) is 0.300. The SMILES string of the molecule is COC(=O)C/C=C(C=O)\C=C/CN1CCOCC1. The van der Waals surface area contributed by atoms with Crippen LogP contribution in [0.4, 0.5) is 0 Å². The molecule has 0 N–H and O–H groups in total. The summed E-state index contributed by atoms with van der Waals surface area (Å²) in [6.45, 7) is 4.12. The summed E-state index contributed by atoms with van der Waals surface area (Å²) in [7, 11) is 1.32. The van der Waals surface area contributed by atoms with Crippen molar-refractivity contribution < 1.29 is 19.1 Å². The number of methoxy groups -OCH3 is 1. The maximum Gasteiger partial charge on any atom is 0.309 e. The van der Waals surface area contributed by atoms with Crippen LogP contribution in [0.3, 0.4) is 0 Å². The maximum absolute atomic E-state index is 10.9. The van der Waals surface area contributed by atoms with Gasteiger partial charge >= 0.3 is 5.97 Å². The molecule has 18 heavy (non-hydrogen) atoms. The fraction of sp³-hybridized carbons (Fsp3) is 0.538. The minimum Gasteiger partial charge on any atom is -0.469 e. The van der Waals surface area contributed by atoms with Gasteiger partial charge in [-0.05, 0) is 0 Å². The van der Waals surface area contributed by atoms with Crippen molar-refractivity contribution >= 4 is 12.3 Å². The van der Waals surface area contributed by atoms with Gasteiger partial charge in [-0.15, -0.1) is 0 Å². The molecule has 0 atom stereocenters. The molecule has 5 nitrogen and oxygen atoms in total. The van der Waals surface area contributed by atoms with E-state index in [4.69, 9.17) is 4.74 Å². The van der Waals surface area contributed by atoms with E-state index >= 15 is 0 Å². The zero-order valence-corrected chi connectivity index (χ0v) is 10.6. The first kappa shape index (κ1) is 14.6. The van der Waals surface area contributed by atoms with Gasteiger partial charge in [-0.2, -0.15) is 0 Å². The summed E-state index contributed by atoms with van der Waals surface area (Å²) in [5.41, 5.74) is 0.494. The highest BCUT2D eigenvalue weighted by Gasteiger charge is 2.07. The number of hydrogen-bond acceptors (Lipinski definition) is 5. The molecular formula is C13H19NO4. The Morgan fingerprint density at radius 1 is 1.39 bits per heavy atom. The number of ether oxygens (including phenoxy) is 2. The number of esters is 1. The van der Waals surface area contributed by atoms with Crippen molar-refractivity contribution in [3.05, 3.63) is 23.8 Å². The molecule has 100 valence electrons. The summed E-state index contributed by atoms with van der Waals surface area (Å²) in [6.07, 6.45) is 6.06. The molecule has 0 bridgehead atoms. The van der Waals surface area contributed by atoms with Crippen LogP contribution in [0, 0.1) is 0 Å². The average Bonchev–Trinajstić information content (AvgIpc) is 2.43. The van der Waals surface area contributed by atoms with Crippen molar-refractivity contribution in [3.63, 3.8) is 0 Å². The topological polar surface area (TPSA) is 55.8 Å². The number of hydrogen-bond donors (Lipinski definition) is 0. The second-order valence-electron chi connectivity index (χ2n) is 3.92. The Hall–Kier alpha value is -1.46. The molecule has 0 aromatic heterocycles. The Kier molecular flexibility index (Phi) is 6.98. The number of morpholine rings is 1. The molecular weight excluding hydrogens is 234 g/mol. The first-order chi connectivity index (χ1) is 8.76. The highest BCUT2D eigenvalue weighted by molar-refractivity contribution is 5.80. The van der Waals surface area contributed by atoms with Crippen LogP contribution in [0.25, 0.3) is 0 Å². The van der Waals surface area contributed by atoms with Crippen LogP contribution >= 0.6 is 0 Å². The van der Waals surface area contributed by atoms with Crippen molar-refractivity contribution in [1.82, 2.24) is 4.90 Å². The van der Waals surface area contributed by atoms with Gasteiger partial charge in [0.1, 0.15) is 6.29 Å². The van der Waals surface area contributed by atoms with Gasteiger partial charge in [0.15, 0.2) is 0 Å². The maximum atomic E-state index is 10.9. The minimum atomic E-state index is -0.351. The molecule has 0 aromatic carbocycles. The lowest BCUT2D eigenvalue weighted by Crippen LogP contribution is -2.36. The van der Waals surface area contributed by atoms with E-state index in [-0.39, 0.29) is 12.4 Å². The zero-order chi connectivity index (χ0) is 13.2. The van der Waals surface area contributed by atoms with Gasteiger partial charge in [0.25, 0.3) is 0 Å². The van der Waals surface area contributed by atoms with Gasteiger partial charge in [0.05, 0.1) is 26.7 Å². The summed E-state index contributed by atoms with van der Waals surface area (Å²) >= 11 is 0. The molecule has 1 fully saturated rings. The molecule has 1 aliphatic heterocycles. The van der Waals surface area contributed by atoms with E-state index in [1.165, 1.54) is 7.11 Å². The lowest BCUT2D eigenvalue weighted by molar-refractivity contribution is -0.139. The van der Waals surface area contributed by atoms with E-state index in [1.807, 2.05) is 6.08 Å². The Morgan fingerprint density at radius 3 is 2.72 bits per heavy atom. The Balaban J connectivity index is 2.36. The van der Waals surface area contributed by atoms with E-state index in [0.717, 1.165) is 39.1 Å². The predicted octanol–water partition coefficient (Wildman–Crippen LogP) is 0.563. The van der Waals surface area contributed by atoms with Crippen molar-refractivity contribution in [3.8, 4) is 0 Å². The fourth-order valence-corrected chi connectivity index (χ4v) is 1.56. The van der Waals surface area contributed by atoms with Crippen molar-refractivity contribution in [2.45, 2.75) is 6.42 Å². The van der Waals surface area contributed by atoms with Gasteiger partial charge in [-0.1, -0.05) is 18.2 Å². The van der Waals surface area contributed by atoms with Crippen LogP contribution in [0.2, 0.25) is 0 Å². The van der Waals surface area contributed by atoms with Crippen LogP contribution in [-0.4, -0.2) is 57.1 Å². The Morgan fingerprint density at radius 2 is 2.11 bits per heavy atom. The molecule has 0 aromatic rings. The number of nitrogens with zero attached hydrogens (tertiary/aromatic N) is 1. The van der Waals surface area contributed by atoms with Crippen LogP contribution in [0.15, 0.2) is 23.8 Å². The summed E-state index contributed by atoms with van der Waals surface area (Å²) in [5, 5.41) is 0. The summed E-state index contributed by atoms with van der Waals surface area (Å²) < 4.78 is 9.74. The molecule has 1 aliphatic rings. The molecule has 0 amide bonds. The smallest absolute Gasteiger partial charge is 0.309 e. The normalized spacial score (nSPS) is 17.9. The van der Waals surface area contributed by atoms with Crippen LogP contribution in [0.5, 0.6) is 0 Å². The molecule has 0 unspecified atom stereocenters. The Labute approximate surface area is 107 Å². The molecule has 0 saturated carbocycles. The van der Waals surface area contributed by atoms with Crippen LogP contribution < -0.4 is 0 Å². The van der Waals surface area contributed by atoms with Gasteiger partial charge in [0.2, 0.25) is 0 Å². The van der Waals surface area contributed by atoms with Crippen molar-refractivity contribution in [1.29, 1.82) is 0 Å². The van der Waals surface area contributed by atoms with E-state index < -0.39 is 0 Å². The van der Waals surface area contributed by atoms with Crippen LogP contribution in [-0.2, 0) is 19.1 Å². The molecule has 1 heterocycles. The first-order valence-electron chi connectivity index (χ1n) is 5.95. The fourth-order valence-electron chi connectivity index (χ4n) is 1.56. The lowest BCUT2D eigenvalue weighted by atomic mass is 10.2. The second kappa shape index (κ2) is 8.60. The molecule has 0 aliphatic carbocycles. The third kappa shape index (κ3) is 5.75. The summed E-state index contributed by atoms with van der Waals surface area (Å²) in [6, 6.07) is 0. The summed E-state index contributed by atoms with van der Waals surface area (Å²) in [4.78, 5) is 23.9. The van der Waals surface area contributed by atoms with Crippen LogP contribution in [0.1, 0.15) is 6.42 Å². The van der Waals surface area contributed by atoms with E-state index in [2.05, 4.69) is 9.64 Å². The highest BCUT2D eigenvalue weighted by atomic mass is 16.5.